The van der Waals surface area contributed by atoms with Gasteiger partial charge in [0.15, 0.2) is 0 Å². The van der Waals surface area contributed by atoms with E-state index in [0.29, 0.717) is 12.1 Å². The van der Waals surface area contributed by atoms with Crippen molar-refractivity contribution in [2.75, 3.05) is 39.0 Å². The van der Waals surface area contributed by atoms with Gasteiger partial charge in [-0.05, 0) is 51.5 Å². The summed E-state index contributed by atoms with van der Waals surface area (Å²) in [7, 11) is 4.12. The molecule has 1 aromatic carbocycles. The summed E-state index contributed by atoms with van der Waals surface area (Å²) in [6, 6.07) is 12.2. The van der Waals surface area contributed by atoms with Crippen molar-refractivity contribution in [1.29, 1.82) is 0 Å². The SMILES string of the molecule is CN(C)CCCNc1cncc(C(=O)NCCCc2ccccc2)c1. The highest BCUT2D eigenvalue weighted by Crippen LogP contribution is 2.08. The lowest BCUT2D eigenvalue weighted by molar-refractivity contribution is 0.0953. The van der Waals surface area contributed by atoms with Crippen molar-refractivity contribution in [3.63, 3.8) is 0 Å². The molecule has 0 fully saturated rings. The molecule has 1 heterocycles. The Kier molecular flexibility index (Phi) is 7.92. The van der Waals surface area contributed by atoms with Crippen LogP contribution in [-0.2, 0) is 6.42 Å². The average molecular weight is 340 g/mol. The normalized spacial score (nSPS) is 10.7. The minimum atomic E-state index is -0.0718. The molecule has 5 nitrogen and oxygen atoms in total. The van der Waals surface area contributed by atoms with Crippen LogP contribution in [0.15, 0.2) is 48.8 Å². The standard InChI is InChI=1S/C20H28N4O/c1-24(2)13-7-12-22-19-14-18(15-21-16-19)20(25)23-11-6-10-17-8-4-3-5-9-17/h3-5,8-9,14-16,22H,6-7,10-13H2,1-2H3,(H,23,25). The summed E-state index contributed by atoms with van der Waals surface area (Å²) in [5, 5.41) is 6.28. The molecule has 134 valence electrons. The molecule has 25 heavy (non-hydrogen) atoms. The van der Waals surface area contributed by atoms with Crippen LogP contribution in [0.2, 0.25) is 0 Å². The average Bonchev–Trinajstić information content (AvgIpc) is 2.63. The topological polar surface area (TPSA) is 57.3 Å². The Labute approximate surface area is 150 Å². The molecule has 2 aromatic rings. The van der Waals surface area contributed by atoms with E-state index in [2.05, 4.69) is 46.7 Å². The first-order valence-electron chi connectivity index (χ1n) is 8.81. The molecule has 0 aliphatic heterocycles. The number of nitrogens with zero attached hydrogens (tertiary/aromatic N) is 2. The fourth-order valence-electron chi connectivity index (χ4n) is 2.53. The number of amides is 1. The zero-order valence-electron chi connectivity index (χ0n) is 15.2. The number of rotatable bonds is 10. The molecule has 0 radical (unpaired) electrons. The Morgan fingerprint density at radius 3 is 2.64 bits per heavy atom. The second-order valence-electron chi connectivity index (χ2n) is 6.39. The highest BCUT2D eigenvalue weighted by molar-refractivity contribution is 5.94. The number of benzene rings is 1. The maximum Gasteiger partial charge on any atom is 0.252 e. The van der Waals surface area contributed by atoms with E-state index in [1.807, 2.05) is 24.3 Å². The van der Waals surface area contributed by atoms with Gasteiger partial charge in [0.25, 0.3) is 5.91 Å². The number of hydrogen-bond acceptors (Lipinski definition) is 4. The Morgan fingerprint density at radius 2 is 1.88 bits per heavy atom. The summed E-state index contributed by atoms with van der Waals surface area (Å²) >= 11 is 0. The van der Waals surface area contributed by atoms with Gasteiger partial charge in [-0.2, -0.15) is 0 Å². The molecule has 0 saturated heterocycles. The molecule has 0 atom stereocenters. The van der Waals surface area contributed by atoms with Crippen LogP contribution in [0, 0.1) is 0 Å². The number of carbonyl (C=O) groups excluding carboxylic acids is 1. The van der Waals surface area contributed by atoms with Crippen LogP contribution in [-0.4, -0.2) is 49.5 Å². The Hall–Kier alpha value is -2.40. The summed E-state index contributed by atoms with van der Waals surface area (Å²) in [6.45, 7) is 2.55. The van der Waals surface area contributed by atoms with Gasteiger partial charge < -0.3 is 15.5 Å². The Balaban J connectivity index is 1.72. The molecular weight excluding hydrogens is 312 g/mol. The molecule has 2 rings (SSSR count). The molecule has 0 aliphatic rings. The quantitative estimate of drug-likeness (QED) is 0.653. The summed E-state index contributed by atoms with van der Waals surface area (Å²) < 4.78 is 0. The number of aromatic nitrogens is 1. The minimum absolute atomic E-state index is 0.0718. The lowest BCUT2D eigenvalue weighted by Gasteiger charge is -2.11. The number of carbonyl (C=O) groups is 1. The summed E-state index contributed by atoms with van der Waals surface area (Å²) in [5.74, 6) is -0.0718. The molecule has 0 aliphatic carbocycles. The van der Waals surface area contributed by atoms with Gasteiger partial charge in [-0.15, -0.1) is 0 Å². The van der Waals surface area contributed by atoms with E-state index in [0.717, 1.165) is 38.0 Å². The van der Waals surface area contributed by atoms with Gasteiger partial charge in [0, 0.05) is 25.5 Å². The molecule has 1 amide bonds. The van der Waals surface area contributed by atoms with Crippen LogP contribution in [0.4, 0.5) is 5.69 Å². The fourth-order valence-corrected chi connectivity index (χ4v) is 2.53. The smallest absolute Gasteiger partial charge is 0.252 e. The third-order valence-corrected chi connectivity index (χ3v) is 3.88. The van der Waals surface area contributed by atoms with Gasteiger partial charge in [-0.3, -0.25) is 9.78 Å². The lowest BCUT2D eigenvalue weighted by atomic mass is 10.1. The van der Waals surface area contributed by atoms with Crippen molar-refractivity contribution >= 4 is 11.6 Å². The molecule has 5 heteroatoms. The first kappa shape index (κ1) is 18.9. The van der Waals surface area contributed by atoms with Gasteiger partial charge in [0.05, 0.1) is 11.3 Å². The van der Waals surface area contributed by atoms with Gasteiger partial charge in [0.1, 0.15) is 0 Å². The Morgan fingerprint density at radius 1 is 1.08 bits per heavy atom. The number of pyridine rings is 1. The Bertz CT molecular complexity index is 643. The van der Waals surface area contributed by atoms with E-state index < -0.39 is 0 Å². The van der Waals surface area contributed by atoms with Gasteiger partial charge >= 0.3 is 0 Å². The van der Waals surface area contributed by atoms with Crippen molar-refractivity contribution in [3.8, 4) is 0 Å². The van der Waals surface area contributed by atoms with Crippen LogP contribution in [0.3, 0.4) is 0 Å². The van der Waals surface area contributed by atoms with E-state index in [-0.39, 0.29) is 5.91 Å². The first-order valence-corrected chi connectivity index (χ1v) is 8.81. The molecule has 0 saturated carbocycles. The monoisotopic (exact) mass is 340 g/mol. The van der Waals surface area contributed by atoms with Gasteiger partial charge in [0.2, 0.25) is 0 Å². The van der Waals surface area contributed by atoms with E-state index in [1.165, 1.54) is 5.56 Å². The third-order valence-electron chi connectivity index (χ3n) is 3.88. The lowest BCUT2D eigenvalue weighted by Crippen LogP contribution is -2.25. The van der Waals surface area contributed by atoms with Crippen molar-refractivity contribution < 1.29 is 4.79 Å². The molecule has 1 aromatic heterocycles. The number of aryl methyl sites for hydroxylation is 1. The summed E-state index contributed by atoms with van der Waals surface area (Å²) in [6.07, 6.45) is 6.29. The van der Waals surface area contributed by atoms with E-state index >= 15 is 0 Å². The molecule has 0 unspecified atom stereocenters. The molecule has 0 bridgehead atoms. The maximum absolute atomic E-state index is 12.2. The van der Waals surface area contributed by atoms with Crippen molar-refractivity contribution in [2.24, 2.45) is 0 Å². The predicted octanol–water partition coefficient (Wildman–Crippen LogP) is 2.81. The number of anilines is 1. The second kappa shape index (κ2) is 10.5. The predicted molar refractivity (Wildman–Crippen MR) is 103 cm³/mol. The molecule has 0 spiro atoms. The van der Waals surface area contributed by atoms with E-state index in [4.69, 9.17) is 0 Å². The first-order chi connectivity index (χ1) is 12.1. The zero-order valence-corrected chi connectivity index (χ0v) is 15.2. The number of nitrogens with one attached hydrogen (secondary N) is 2. The van der Waals surface area contributed by atoms with Crippen LogP contribution in [0.1, 0.15) is 28.8 Å². The van der Waals surface area contributed by atoms with E-state index in [1.54, 1.807) is 12.4 Å². The summed E-state index contributed by atoms with van der Waals surface area (Å²) in [4.78, 5) is 18.6. The van der Waals surface area contributed by atoms with Crippen molar-refractivity contribution in [1.82, 2.24) is 15.2 Å². The number of hydrogen-bond donors (Lipinski definition) is 2. The van der Waals surface area contributed by atoms with Crippen LogP contribution < -0.4 is 10.6 Å². The molecule has 2 N–H and O–H groups in total. The van der Waals surface area contributed by atoms with Crippen LogP contribution in [0.5, 0.6) is 0 Å². The third kappa shape index (κ3) is 7.35. The summed E-state index contributed by atoms with van der Waals surface area (Å²) in [5.41, 5.74) is 2.77. The van der Waals surface area contributed by atoms with E-state index in [9.17, 15) is 4.79 Å². The highest BCUT2D eigenvalue weighted by Gasteiger charge is 2.06. The second-order valence-corrected chi connectivity index (χ2v) is 6.39. The largest absolute Gasteiger partial charge is 0.384 e. The maximum atomic E-state index is 12.2. The van der Waals surface area contributed by atoms with Gasteiger partial charge in [-0.1, -0.05) is 30.3 Å². The zero-order chi connectivity index (χ0) is 17.9. The van der Waals surface area contributed by atoms with Crippen LogP contribution >= 0.6 is 0 Å². The molecular formula is C20H28N4O. The van der Waals surface area contributed by atoms with Crippen molar-refractivity contribution in [2.45, 2.75) is 19.3 Å². The van der Waals surface area contributed by atoms with Crippen LogP contribution in [0.25, 0.3) is 0 Å². The fraction of sp³-hybridized carbons (Fsp3) is 0.400. The van der Waals surface area contributed by atoms with Gasteiger partial charge in [-0.25, -0.2) is 0 Å². The highest BCUT2D eigenvalue weighted by atomic mass is 16.1. The van der Waals surface area contributed by atoms with Crippen molar-refractivity contribution in [3.05, 3.63) is 59.9 Å². The minimum Gasteiger partial charge on any atom is -0.384 e.